The highest BCUT2D eigenvalue weighted by molar-refractivity contribution is 6.16. The number of hydrogen-bond acceptors (Lipinski definition) is 2. The molecule has 2 rings (SSSR count). The van der Waals surface area contributed by atoms with E-state index >= 15 is 0 Å². The number of nitrogens with zero attached hydrogens (tertiary/aromatic N) is 3. The highest BCUT2D eigenvalue weighted by atomic mass is 35.5. The highest BCUT2D eigenvalue weighted by Crippen LogP contribution is 2.37. The topological polar surface area (TPSA) is 30.7 Å². The van der Waals surface area contributed by atoms with Gasteiger partial charge >= 0.3 is 0 Å². The van der Waals surface area contributed by atoms with Crippen LogP contribution < -0.4 is 0 Å². The van der Waals surface area contributed by atoms with Crippen molar-refractivity contribution >= 4 is 11.6 Å². The Hall–Kier alpha value is -0.570. The van der Waals surface area contributed by atoms with Crippen LogP contribution in [0, 0.1) is 5.92 Å². The molecule has 0 saturated heterocycles. The summed E-state index contributed by atoms with van der Waals surface area (Å²) in [5.74, 6) is 2.21. The van der Waals surface area contributed by atoms with Crippen molar-refractivity contribution in [2.24, 2.45) is 5.92 Å². The molecule has 1 aliphatic rings. The molecule has 0 bridgehead atoms. The van der Waals surface area contributed by atoms with Crippen molar-refractivity contribution < 1.29 is 0 Å². The maximum atomic E-state index is 5.71. The summed E-state index contributed by atoms with van der Waals surface area (Å²) >= 11 is 5.71. The number of alkyl halides is 1. The second-order valence-corrected chi connectivity index (χ2v) is 3.79. The monoisotopic (exact) mass is 185 g/mol. The van der Waals surface area contributed by atoms with Crippen LogP contribution >= 0.6 is 11.6 Å². The van der Waals surface area contributed by atoms with Gasteiger partial charge < -0.3 is 4.57 Å². The third-order valence-corrected chi connectivity index (χ3v) is 2.75. The molecule has 1 saturated carbocycles. The van der Waals surface area contributed by atoms with Gasteiger partial charge in [-0.2, -0.15) is 0 Å². The average molecular weight is 186 g/mol. The van der Waals surface area contributed by atoms with Crippen molar-refractivity contribution in [1.29, 1.82) is 0 Å². The minimum atomic E-state index is 0.463. The van der Waals surface area contributed by atoms with Crippen LogP contribution in [0.1, 0.15) is 31.6 Å². The van der Waals surface area contributed by atoms with Gasteiger partial charge in [0.05, 0.1) is 5.88 Å². The molecular weight excluding hydrogens is 174 g/mol. The molecule has 0 N–H and O–H groups in total. The van der Waals surface area contributed by atoms with Crippen LogP contribution in [0.4, 0.5) is 0 Å². The molecule has 1 fully saturated rings. The van der Waals surface area contributed by atoms with Gasteiger partial charge in [-0.25, -0.2) is 0 Å². The molecule has 0 unspecified atom stereocenters. The van der Waals surface area contributed by atoms with E-state index in [2.05, 4.69) is 21.7 Å². The summed E-state index contributed by atoms with van der Waals surface area (Å²) < 4.78 is 2.10. The molecule has 0 aliphatic heterocycles. The van der Waals surface area contributed by atoms with Gasteiger partial charge in [0.1, 0.15) is 12.2 Å². The number of aromatic nitrogens is 3. The van der Waals surface area contributed by atoms with E-state index in [1.54, 1.807) is 6.33 Å². The summed E-state index contributed by atoms with van der Waals surface area (Å²) in [6.07, 6.45) is 4.26. The van der Waals surface area contributed by atoms with Crippen molar-refractivity contribution in [2.45, 2.75) is 31.7 Å². The average Bonchev–Trinajstić information content (AvgIpc) is 2.45. The zero-order valence-corrected chi connectivity index (χ0v) is 7.83. The molecule has 1 aromatic rings. The normalized spacial score (nSPS) is 28.5. The Bertz CT molecular complexity index is 265. The Balaban J connectivity index is 2.12. The Kier molecular flexibility index (Phi) is 2.05. The van der Waals surface area contributed by atoms with Crippen LogP contribution in [0.15, 0.2) is 6.33 Å². The van der Waals surface area contributed by atoms with E-state index in [0.29, 0.717) is 11.9 Å². The zero-order chi connectivity index (χ0) is 8.55. The lowest BCUT2D eigenvalue weighted by Crippen LogP contribution is -2.25. The van der Waals surface area contributed by atoms with Crippen LogP contribution in [-0.2, 0) is 5.88 Å². The molecule has 0 spiro atoms. The molecule has 4 heteroatoms. The first-order chi connectivity index (χ1) is 5.81. The smallest absolute Gasteiger partial charge is 0.148 e. The number of hydrogen-bond donors (Lipinski definition) is 0. The van der Waals surface area contributed by atoms with E-state index in [1.165, 1.54) is 12.8 Å². The number of rotatable bonds is 2. The minimum absolute atomic E-state index is 0.463. The van der Waals surface area contributed by atoms with Crippen LogP contribution in [0.2, 0.25) is 0 Å². The summed E-state index contributed by atoms with van der Waals surface area (Å²) in [7, 11) is 0. The lowest BCUT2D eigenvalue weighted by molar-refractivity contribution is 0.212. The Labute approximate surface area is 76.7 Å². The van der Waals surface area contributed by atoms with Crippen molar-refractivity contribution in [3.05, 3.63) is 12.2 Å². The van der Waals surface area contributed by atoms with E-state index in [0.717, 1.165) is 11.7 Å². The van der Waals surface area contributed by atoms with Gasteiger partial charge in [-0.15, -0.1) is 21.8 Å². The second-order valence-electron chi connectivity index (χ2n) is 3.52. The second kappa shape index (κ2) is 3.05. The van der Waals surface area contributed by atoms with Crippen LogP contribution in [0.25, 0.3) is 0 Å². The molecular formula is C8H12ClN3. The summed E-state index contributed by atoms with van der Waals surface area (Å²) in [6, 6.07) is 0.601. The van der Waals surface area contributed by atoms with Crippen molar-refractivity contribution in [2.75, 3.05) is 0 Å². The fourth-order valence-corrected chi connectivity index (χ4v) is 1.95. The van der Waals surface area contributed by atoms with Gasteiger partial charge in [-0.05, 0) is 18.8 Å². The predicted octanol–water partition coefficient (Wildman–Crippen LogP) is 1.99. The molecule has 66 valence electrons. The Morgan fingerprint density at radius 3 is 3.00 bits per heavy atom. The molecule has 3 nitrogen and oxygen atoms in total. The minimum Gasteiger partial charge on any atom is -0.313 e. The lowest BCUT2D eigenvalue weighted by Gasteiger charge is -2.33. The van der Waals surface area contributed by atoms with Gasteiger partial charge in [-0.3, -0.25) is 0 Å². The first-order valence-electron chi connectivity index (χ1n) is 4.25. The summed E-state index contributed by atoms with van der Waals surface area (Å²) in [4.78, 5) is 0. The molecule has 0 amide bonds. The molecule has 1 heterocycles. The molecule has 1 aromatic heterocycles. The van der Waals surface area contributed by atoms with Crippen LogP contribution in [0.3, 0.4) is 0 Å². The standard InChI is InChI=1S/C8H12ClN3/c1-6-2-7(3-6)12-5-10-11-8(12)4-9/h5-7H,2-4H2,1H3. The van der Waals surface area contributed by atoms with Crippen molar-refractivity contribution in [1.82, 2.24) is 14.8 Å². The fraction of sp³-hybridized carbons (Fsp3) is 0.750. The fourth-order valence-electron chi connectivity index (χ4n) is 1.75. The van der Waals surface area contributed by atoms with E-state index in [9.17, 15) is 0 Å². The first-order valence-corrected chi connectivity index (χ1v) is 4.79. The zero-order valence-electron chi connectivity index (χ0n) is 7.07. The summed E-state index contributed by atoms with van der Waals surface area (Å²) in [5, 5.41) is 7.79. The first kappa shape index (κ1) is 8.05. The quantitative estimate of drug-likeness (QED) is 0.660. The van der Waals surface area contributed by atoms with Crippen molar-refractivity contribution in [3.63, 3.8) is 0 Å². The van der Waals surface area contributed by atoms with E-state index in [1.807, 2.05) is 0 Å². The molecule has 0 radical (unpaired) electrons. The Morgan fingerprint density at radius 1 is 1.67 bits per heavy atom. The van der Waals surface area contributed by atoms with Crippen LogP contribution in [-0.4, -0.2) is 14.8 Å². The van der Waals surface area contributed by atoms with Gasteiger partial charge in [0.15, 0.2) is 0 Å². The van der Waals surface area contributed by atoms with Gasteiger partial charge in [0.25, 0.3) is 0 Å². The van der Waals surface area contributed by atoms with Crippen molar-refractivity contribution in [3.8, 4) is 0 Å². The molecule has 0 atom stereocenters. The Morgan fingerprint density at radius 2 is 2.42 bits per heavy atom. The van der Waals surface area contributed by atoms with Gasteiger partial charge in [0, 0.05) is 6.04 Å². The highest BCUT2D eigenvalue weighted by Gasteiger charge is 2.28. The third-order valence-electron chi connectivity index (χ3n) is 2.51. The largest absolute Gasteiger partial charge is 0.313 e. The predicted molar refractivity (Wildman–Crippen MR) is 47.0 cm³/mol. The molecule has 1 aliphatic carbocycles. The van der Waals surface area contributed by atoms with E-state index in [4.69, 9.17) is 11.6 Å². The lowest BCUT2D eigenvalue weighted by atomic mass is 9.82. The summed E-state index contributed by atoms with van der Waals surface area (Å²) in [6.45, 7) is 2.27. The SMILES string of the molecule is CC1CC(n2cnnc2CCl)C1. The van der Waals surface area contributed by atoms with E-state index in [-0.39, 0.29) is 0 Å². The van der Waals surface area contributed by atoms with Gasteiger partial charge in [-0.1, -0.05) is 6.92 Å². The third kappa shape index (κ3) is 1.22. The molecule has 0 aromatic carbocycles. The maximum absolute atomic E-state index is 5.71. The number of halogens is 1. The maximum Gasteiger partial charge on any atom is 0.148 e. The van der Waals surface area contributed by atoms with Gasteiger partial charge in [0.2, 0.25) is 0 Å². The molecule has 12 heavy (non-hydrogen) atoms. The summed E-state index contributed by atoms with van der Waals surface area (Å²) in [5.41, 5.74) is 0. The van der Waals surface area contributed by atoms with Crippen LogP contribution in [0.5, 0.6) is 0 Å². The van der Waals surface area contributed by atoms with E-state index < -0.39 is 0 Å².